The smallest absolute Gasteiger partial charge is 0.258 e. The van der Waals surface area contributed by atoms with Gasteiger partial charge in [-0.2, -0.15) is 0 Å². The Kier molecular flexibility index (Phi) is 2.91. The van der Waals surface area contributed by atoms with Crippen LogP contribution in [-0.2, 0) is 10.0 Å². The van der Waals surface area contributed by atoms with E-state index in [1.165, 1.54) is 24.3 Å². The fraction of sp³-hybridized carbons (Fsp3) is 0.143. The number of benzene rings is 1. The summed E-state index contributed by atoms with van der Waals surface area (Å²) < 4.78 is 22.6. The summed E-state index contributed by atoms with van der Waals surface area (Å²) >= 11 is 0. The normalized spacial score (nSPS) is 11.1. The van der Waals surface area contributed by atoms with Gasteiger partial charge >= 0.3 is 0 Å². The summed E-state index contributed by atoms with van der Waals surface area (Å²) in [4.78, 5) is 9.74. The van der Waals surface area contributed by atoms with Crippen LogP contribution in [0.15, 0.2) is 24.3 Å². The van der Waals surface area contributed by atoms with Crippen LogP contribution in [0.2, 0.25) is 0 Å². The van der Waals surface area contributed by atoms with E-state index in [2.05, 4.69) is 0 Å². The number of hydrazine groups is 1. The number of rotatable bonds is 3. The van der Waals surface area contributed by atoms with E-state index in [4.69, 9.17) is 5.84 Å². The lowest BCUT2D eigenvalue weighted by molar-refractivity contribution is -0.384. The number of anilines is 1. The van der Waals surface area contributed by atoms with E-state index < -0.39 is 14.9 Å². The van der Waals surface area contributed by atoms with Crippen molar-refractivity contribution in [2.45, 2.75) is 0 Å². The fourth-order valence-corrected chi connectivity index (χ4v) is 1.42. The molecular weight excluding hydrogens is 222 g/mol. The minimum atomic E-state index is -3.55. The Morgan fingerprint density at radius 1 is 1.33 bits per heavy atom. The number of nitrogens with zero attached hydrogens (tertiary/aromatic N) is 2. The number of non-ortho nitro benzene ring substituents is 1. The number of nitrogens with two attached hydrogens (primary N) is 1. The molecule has 0 atom stereocenters. The maximum Gasteiger partial charge on any atom is 0.269 e. The monoisotopic (exact) mass is 231 g/mol. The van der Waals surface area contributed by atoms with Crippen molar-refractivity contribution in [3.63, 3.8) is 0 Å². The number of sulfonamides is 1. The van der Waals surface area contributed by atoms with Gasteiger partial charge in [0.1, 0.15) is 0 Å². The van der Waals surface area contributed by atoms with Crippen LogP contribution >= 0.6 is 0 Å². The van der Waals surface area contributed by atoms with E-state index in [1.807, 2.05) is 0 Å². The predicted molar refractivity (Wildman–Crippen MR) is 54.6 cm³/mol. The van der Waals surface area contributed by atoms with Gasteiger partial charge in [0.05, 0.1) is 16.9 Å². The summed E-state index contributed by atoms with van der Waals surface area (Å²) in [7, 11) is -3.55. The molecule has 0 aliphatic heterocycles. The maximum absolute atomic E-state index is 11.0. The average Bonchev–Trinajstić information content (AvgIpc) is 2.15. The molecule has 8 heteroatoms. The van der Waals surface area contributed by atoms with Crippen molar-refractivity contribution in [3.8, 4) is 0 Å². The lowest BCUT2D eigenvalue weighted by atomic mass is 10.3. The first kappa shape index (κ1) is 11.4. The van der Waals surface area contributed by atoms with Gasteiger partial charge in [0.25, 0.3) is 5.69 Å². The second kappa shape index (κ2) is 3.83. The third-order valence-corrected chi connectivity index (χ3v) is 2.60. The lowest BCUT2D eigenvalue weighted by Gasteiger charge is -2.14. The Bertz CT molecular complexity index is 468. The molecule has 0 amide bonds. The molecule has 1 rings (SSSR count). The highest BCUT2D eigenvalue weighted by atomic mass is 32.2. The van der Waals surface area contributed by atoms with E-state index in [0.717, 1.165) is 6.26 Å². The number of nitro groups is 1. The topological polar surface area (TPSA) is 107 Å². The van der Waals surface area contributed by atoms with Crippen molar-refractivity contribution in [1.29, 1.82) is 0 Å². The molecule has 0 aromatic heterocycles. The molecule has 1 aromatic rings. The zero-order valence-corrected chi connectivity index (χ0v) is 8.64. The molecule has 0 saturated carbocycles. The van der Waals surface area contributed by atoms with Gasteiger partial charge in [0.2, 0.25) is 10.0 Å². The summed E-state index contributed by atoms with van der Waals surface area (Å²) in [5.74, 6) is 5.27. The molecule has 0 aliphatic rings. The molecule has 2 N–H and O–H groups in total. The van der Waals surface area contributed by atoms with Crippen molar-refractivity contribution in [3.05, 3.63) is 34.4 Å². The molecule has 7 nitrogen and oxygen atoms in total. The van der Waals surface area contributed by atoms with Crippen LogP contribution in [0.3, 0.4) is 0 Å². The minimum absolute atomic E-state index is 0.124. The highest BCUT2D eigenvalue weighted by Gasteiger charge is 2.13. The van der Waals surface area contributed by atoms with E-state index in [0.29, 0.717) is 4.41 Å². The SMILES string of the molecule is CS(=O)(=O)N(N)c1ccc([N+](=O)[O-])cc1. The molecule has 0 bridgehead atoms. The van der Waals surface area contributed by atoms with Gasteiger partial charge in [-0.15, -0.1) is 0 Å². The van der Waals surface area contributed by atoms with Crippen LogP contribution in [0, 0.1) is 10.1 Å². The summed E-state index contributed by atoms with van der Waals surface area (Å²) in [6.45, 7) is 0. The Morgan fingerprint density at radius 2 is 1.80 bits per heavy atom. The van der Waals surface area contributed by atoms with Crippen LogP contribution in [0.1, 0.15) is 0 Å². The van der Waals surface area contributed by atoms with Gasteiger partial charge in [0.15, 0.2) is 0 Å². The molecule has 0 unspecified atom stereocenters. The van der Waals surface area contributed by atoms with Crippen LogP contribution in [0.4, 0.5) is 11.4 Å². The Balaban J connectivity index is 3.05. The van der Waals surface area contributed by atoms with E-state index >= 15 is 0 Å². The number of nitro benzene ring substituents is 1. The zero-order chi connectivity index (χ0) is 11.6. The summed E-state index contributed by atoms with van der Waals surface area (Å²) in [5.41, 5.74) is 0.0451. The van der Waals surface area contributed by atoms with Gasteiger partial charge in [-0.25, -0.2) is 18.7 Å². The summed E-state index contributed by atoms with van der Waals surface area (Å²) in [5, 5.41) is 10.3. The molecule has 15 heavy (non-hydrogen) atoms. The van der Waals surface area contributed by atoms with Crippen LogP contribution in [0.5, 0.6) is 0 Å². The second-order valence-corrected chi connectivity index (χ2v) is 4.69. The summed E-state index contributed by atoms with van der Waals surface area (Å²) in [6.07, 6.45) is 0.939. The number of hydrogen-bond acceptors (Lipinski definition) is 5. The van der Waals surface area contributed by atoms with E-state index in [-0.39, 0.29) is 11.4 Å². The second-order valence-electron chi connectivity index (χ2n) is 2.83. The van der Waals surface area contributed by atoms with Gasteiger partial charge in [-0.3, -0.25) is 10.1 Å². The molecule has 0 radical (unpaired) electrons. The Hall–Kier alpha value is -1.67. The van der Waals surface area contributed by atoms with Crippen molar-refractivity contribution >= 4 is 21.4 Å². The third-order valence-electron chi connectivity index (χ3n) is 1.67. The Labute approximate surface area is 86.3 Å². The van der Waals surface area contributed by atoms with Crippen molar-refractivity contribution in [2.24, 2.45) is 5.84 Å². The maximum atomic E-state index is 11.0. The molecule has 0 spiro atoms. The Morgan fingerprint density at radius 3 is 2.13 bits per heavy atom. The van der Waals surface area contributed by atoms with Crippen LogP contribution < -0.4 is 10.3 Å². The molecule has 0 saturated heterocycles. The van der Waals surface area contributed by atoms with E-state index in [1.54, 1.807) is 0 Å². The lowest BCUT2D eigenvalue weighted by Crippen LogP contribution is -2.36. The highest BCUT2D eigenvalue weighted by molar-refractivity contribution is 7.92. The van der Waals surface area contributed by atoms with Crippen molar-refractivity contribution < 1.29 is 13.3 Å². The predicted octanol–water partition coefficient (Wildman–Crippen LogP) is 0.235. The molecule has 0 fully saturated rings. The van der Waals surface area contributed by atoms with Gasteiger partial charge in [-0.05, 0) is 12.1 Å². The van der Waals surface area contributed by atoms with Crippen molar-refractivity contribution in [2.75, 3.05) is 10.7 Å². The first-order valence-electron chi connectivity index (χ1n) is 3.82. The zero-order valence-electron chi connectivity index (χ0n) is 7.82. The molecule has 82 valence electrons. The molecule has 1 aromatic carbocycles. The van der Waals surface area contributed by atoms with Gasteiger partial charge in [-0.1, -0.05) is 0 Å². The standard InChI is InChI=1S/C7H9N3O4S/c1-15(13,14)9(8)6-2-4-7(5-3-6)10(11)12/h2-5H,8H2,1H3. The first-order valence-corrected chi connectivity index (χ1v) is 5.66. The molecule has 0 aliphatic carbocycles. The quantitative estimate of drug-likeness (QED) is 0.455. The first-order chi connectivity index (χ1) is 6.82. The molecular formula is C7H9N3O4S. The van der Waals surface area contributed by atoms with Crippen molar-refractivity contribution in [1.82, 2.24) is 0 Å². The van der Waals surface area contributed by atoms with E-state index in [9.17, 15) is 18.5 Å². The third kappa shape index (κ3) is 2.64. The fourth-order valence-electron chi connectivity index (χ4n) is 0.913. The van der Waals surface area contributed by atoms with Crippen LogP contribution in [0.25, 0.3) is 0 Å². The van der Waals surface area contributed by atoms with Gasteiger partial charge < -0.3 is 0 Å². The number of hydrogen-bond donors (Lipinski definition) is 1. The van der Waals surface area contributed by atoms with Crippen LogP contribution in [-0.4, -0.2) is 19.6 Å². The largest absolute Gasteiger partial charge is 0.269 e. The minimum Gasteiger partial charge on any atom is -0.258 e. The summed E-state index contributed by atoms with van der Waals surface area (Å²) in [6, 6.07) is 4.89. The highest BCUT2D eigenvalue weighted by Crippen LogP contribution is 2.18. The van der Waals surface area contributed by atoms with Gasteiger partial charge in [0, 0.05) is 12.1 Å². The molecule has 0 heterocycles. The average molecular weight is 231 g/mol.